The highest BCUT2D eigenvalue weighted by Gasteiger charge is 2.35. The van der Waals surface area contributed by atoms with Crippen LogP contribution in [-0.2, 0) is 12.4 Å². The number of halogens is 7. The summed E-state index contributed by atoms with van der Waals surface area (Å²) in [6, 6.07) is 0. The van der Waals surface area contributed by atoms with Crippen LogP contribution in [0.15, 0.2) is 29.3 Å². The summed E-state index contributed by atoms with van der Waals surface area (Å²) in [5.74, 6) is -2.43. The molecule has 0 saturated heterocycles. The Kier molecular flexibility index (Phi) is 6.62. The summed E-state index contributed by atoms with van der Waals surface area (Å²) in [5, 5.41) is 17.0. The van der Waals surface area contributed by atoms with Crippen LogP contribution in [0.2, 0.25) is 0 Å². The topological polar surface area (TPSA) is 92.0 Å². The minimum atomic E-state index is -4.61. The fraction of sp³-hybridized carbons (Fsp3) is 0.200. The molecule has 24 heavy (non-hydrogen) atoms. The molecule has 0 aliphatic heterocycles. The van der Waals surface area contributed by atoms with E-state index in [9.17, 15) is 26.3 Å². The lowest BCUT2D eigenvalue weighted by Crippen LogP contribution is -2.31. The van der Waals surface area contributed by atoms with E-state index in [1.54, 1.807) is 0 Å². The summed E-state index contributed by atoms with van der Waals surface area (Å²) < 4.78 is 71.4. The molecule has 0 saturated carbocycles. The molecule has 2 aromatic rings. The lowest BCUT2D eigenvalue weighted by molar-refractivity contribution is -0.145. The number of alkyl halides is 6. The largest absolute Gasteiger partial charge is 0.491 e. The maximum absolute atomic E-state index is 11.9. The van der Waals surface area contributed by atoms with E-state index >= 15 is 0 Å². The van der Waals surface area contributed by atoms with Crippen molar-refractivity contribution in [2.75, 3.05) is 0 Å². The second-order valence-corrected chi connectivity index (χ2v) is 4.85. The van der Waals surface area contributed by atoms with Crippen LogP contribution in [0, 0.1) is 0 Å². The summed E-state index contributed by atoms with van der Waals surface area (Å²) >= 11 is 2.92. The normalized spacial score (nSPS) is 11.5. The first-order chi connectivity index (χ1) is 10.9. The van der Waals surface area contributed by atoms with Gasteiger partial charge in [-0.15, -0.1) is 0 Å². The summed E-state index contributed by atoms with van der Waals surface area (Å²) in [7, 11) is -1.86. The van der Waals surface area contributed by atoms with Gasteiger partial charge in [0.2, 0.25) is 11.6 Å². The minimum absolute atomic E-state index is 0.187. The Morgan fingerprint density at radius 1 is 0.750 bits per heavy atom. The SMILES string of the molecule is FC(F)(F)c1ncc(Br)cn1.OB(O)c1cnc(C(F)(F)F)nc1. The maximum atomic E-state index is 11.9. The van der Waals surface area contributed by atoms with Crippen molar-refractivity contribution < 1.29 is 36.4 Å². The minimum Gasteiger partial charge on any atom is -0.423 e. The van der Waals surface area contributed by atoms with Gasteiger partial charge in [0.25, 0.3) is 0 Å². The van der Waals surface area contributed by atoms with Gasteiger partial charge in [-0.05, 0) is 15.9 Å². The predicted octanol–water partition coefficient (Wildman–Crippen LogP) is 1.43. The van der Waals surface area contributed by atoms with Crippen LogP contribution in [0.5, 0.6) is 0 Å². The third kappa shape index (κ3) is 6.37. The second kappa shape index (κ2) is 7.85. The van der Waals surface area contributed by atoms with Crippen LogP contribution < -0.4 is 5.46 Å². The molecule has 2 aromatic heterocycles. The molecule has 2 rings (SSSR count). The fourth-order valence-corrected chi connectivity index (χ4v) is 1.28. The Morgan fingerprint density at radius 3 is 1.38 bits per heavy atom. The van der Waals surface area contributed by atoms with Gasteiger partial charge in [-0.25, -0.2) is 19.9 Å². The molecular formula is C10H6BBrF6N4O2. The maximum Gasteiger partial charge on any atom is 0.491 e. The summed E-state index contributed by atoms with van der Waals surface area (Å²) in [4.78, 5) is 12.0. The van der Waals surface area contributed by atoms with Gasteiger partial charge < -0.3 is 10.0 Å². The molecule has 2 heterocycles. The molecule has 0 aromatic carbocycles. The van der Waals surface area contributed by atoms with E-state index in [2.05, 4.69) is 35.9 Å². The second-order valence-electron chi connectivity index (χ2n) is 3.93. The molecular weight excluding hydrogens is 413 g/mol. The summed E-state index contributed by atoms with van der Waals surface area (Å²) in [6.07, 6.45) is -5.55. The van der Waals surface area contributed by atoms with Crippen molar-refractivity contribution >= 4 is 28.5 Å². The number of aromatic nitrogens is 4. The average Bonchev–Trinajstić information content (AvgIpc) is 2.46. The van der Waals surface area contributed by atoms with Gasteiger partial charge in [0.05, 0.1) is 4.47 Å². The molecule has 0 aliphatic rings. The Labute approximate surface area is 138 Å². The van der Waals surface area contributed by atoms with Gasteiger partial charge in [-0.1, -0.05) is 0 Å². The van der Waals surface area contributed by atoms with Gasteiger partial charge in [-0.3, -0.25) is 0 Å². The van der Waals surface area contributed by atoms with Crippen molar-refractivity contribution in [3.05, 3.63) is 40.9 Å². The predicted molar refractivity (Wildman–Crippen MR) is 71.6 cm³/mol. The molecule has 14 heteroatoms. The van der Waals surface area contributed by atoms with E-state index in [1.165, 1.54) is 0 Å². The van der Waals surface area contributed by atoms with Gasteiger partial charge in [0, 0.05) is 30.3 Å². The van der Waals surface area contributed by atoms with Crippen LogP contribution in [-0.4, -0.2) is 37.1 Å². The van der Waals surface area contributed by atoms with E-state index in [0.717, 1.165) is 12.4 Å². The molecule has 130 valence electrons. The lowest BCUT2D eigenvalue weighted by Gasteiger charge is -2.04. The Balaban J connectivity index is 0.000000243. The molecule has 0 radical (unpaired) electrons. The van der Waals surface area contributed by atoms with Crippen LogP contribution >= 0.6 is 15.9 Å². The summed E-state index contributed by atoms with van der Waals surface area (Å²) in [6.45, 7) is 0. The van der Waals surface area contributed by atoms with Crippen LogP contribution in [0.1, 0.15) is 11.6 Å². The van der Waals surface area contributed by atoms with Crippen molar-refractivity contribution in [3.63, 3.8) is 0 Å². The van der Waals surface area contributed by atoms with Crippen molar-refractivity contribution in [2.45, 2.75) is 12.4 Å². The first-order valence-corrected chi connectivity index (χ1v) is 6.50. The van der Waals surface area contributed by atoms with Gasteiger partial charge >= 0.3 is 19.5 Å². The molecule has 2 N–H and O–H groups in total. The van der Waals surface area contributed by atoms with Crippen molar-refractivity contribution in [1.29, 1.82) is 0 Å². The Morgan fingerprint density at radius 2 is 1.08 bits per heavy atom. The molecule has 0 spiro atoms. The number of hydrogen-bond acceptors (Lipinski definition) is 6. The highest BCUT2D eigenvalue weighted by atomic mass is 79.9. The van der Waals surface area contributed by atoms with Crippen LogP contribution in [0.4, 0.5) is 26.3 Å². The third-order valence-corrected chi connectivity index (χ3v) is 2.51. The zero-order valence-electron chi connectivity index (χ0n) is 11.2. The molecule has 6 nitrogen and oxygen atoms in total. The Bertz CT molecular complexity index is 650. The molecule has 0 atom stereocenters. The van der Waals surface area contributed by atoms with Crippen LogP contribution in [0.3, 0.4) is 0 Å². The highest BCUT2D eigenvalue weighted by molar-refractivity contribution is 9.10. The highest BCUT2D eigenvalue weighted by Crippen LogP contribution is 2.26. The number of nitrogens with zero attached hydrogens (tertiary/aromatic N) is 4. The average molecular weight is 419 g/mol. The molecule has 0 amide bonds. The first-order valence-electron chi connectivity index (χ1n) is 5.71. The van der Waals surface area contributed by atoms with Crippen molar-refractivity contribution in [1.82, 2.24) is 19.9 Å². The molecule has 0 bridgehead atoms. The van der Waals surface area contributed by atoms with E-state index < -0.39 is 31.1 Å². The lowest BCUT2D eigenvalue weighted by atomic mass is 9.83. The van der Waals surface area contributed by atoms with Gasteiger partial charge in [0.1, 0.15) is 0 Å². The zero-order chi connectivity index (χ0) is 18.5. The van der Waals surface area contributed by atoms with Gasteiger partial charge in [0.15, 0.2) is 0 Å². The summed E-state index contributed by atoms with van der Waals surface area (Å²) in [5.41, 5.74) is -0.187. The van der Waals surface area contributed by atoms with E-state index in [1.807, 2.05) is 0 Å². The monoisotopic (exact) mass is 418 g/mol. The molecule has 0 aliphatic carbocycles. The number of hydrogen-bond donors (Lipinski definition) is 2. The van der Waals surface area contributed by atoms with E-state index in [-0.39, 0.29) is 5.46 Å². The number of rotatable bonds is 1. The van der Waals surface area contributed by atoms with Crippen molar-refractivity contribution in [2.24, 2.45) is 0 Å². The molecule has 0 unspecified atom stereocenters. The van der Waals surface area contributed by atoms with Crippen molar-refractivity contribution in [3.8, 4) is 0 Å². The van der Waals surface area contributed by atoms with Gasteiger partial charge in [-0.2, -0.15) is 26.3 Å². The third-order valence-electron chi connectivity index (χ3n) is 2.10. The quantitative estimate of drug-likeness (QED) is 0.537. The first kappa shape index (κ1) is 20.2. The smallest absolute Gasteiger partial charge is 0.423 e. The molecule has 0 fully saturated rings. The van der Waals surface area contributed by atoms with E-state index in [0.29, 0.717) is 16.9 Å². The standard InChI is InChI=1S/C5H4BF3N2O2.C5H2BrF3N2/c7-5(8,9)4-10-1-3(2-11-4)6(12)13;6-3-1-10-4(11-2-3)5(7,8)9/h1-2,12-13H;1-2H. The van der Waals surface area contributed by atoms with Crippen LogP contribution in [0.25, 0.3) is 0 Å². The fourth-order valence-electron chi connectivity index (χ4n) is 1.08. The van der Waals surface area contributed by atoms with E-state index in [4.69, 9.17) is 10.0 Å². The zero-order valence-corrected chi connectivity index (χ0v) is 12.8. The Hall–Kier alpha value is -1.80.